The van der Waals surface area contributed by atoms with E-state index < -0.39 is 0 Å². The highest BCUT2D eigenvalue weighted by molar-refractivity contribution is 5.54. The quantitative estimate of drug-likeness (QED) is 0.825. The standard InChI is InChI=1S/C12H21N3/c1-5-6-10(3)15(4)12-7-11(13)9(2)8-14-12/h7-8,10H,5-6H2,1-4H3,(H2,13,14). The number of aryl methyl sites for hydroxylation is 1. The SMILES string of the molecule is CCCC(C)N(C)c1cc(N)c(C)cn1. The van der Waals surface area contributed by atoms with Crippen LogP contribution >= 0.6 is 0 Å². The topological polar surface area (TPSA) is 42.1 Å². The van der Waals surface area contributed by atoms with Crippen molar-refractivity contribution in [1.82, 2.24) is 4.98 Å². The molecule has 3 nitrogen and oxygen atoms in total. The van der Waals surface area contributed by atoms with Crippen LogP contribution < -0.4 is 10.6 Å². The summed E-state index contributed by atoms with van der Waals surface area (Å²) in [4.78, 5) is 6.57. The van der Waals surface area contributed by atoms with E-state index in [9.17, 15) is 0 Å². The van der Waals surface area contributed by atoms with Crippen molar-refractivity contribution < 1.29 is 0 Å². The van der Waals surface area contributed by atoms with Gasteiger partial charge in [0.25, 0.3) is 0 Å². The highest BCUT2D eigenvalue weighted by Gasteiger charge is 2.10. The van der Waals surface area contributed by atoms with Crippen LogP contribution in [0.5, 0.6) is 0 Å². The summed E-state index contributed by atoms with van der Waals surface area (Å²) in [5.74, 6) is 0.957. The van der Waals surface area contributed by atoms with Crippen molar-refractivity contribution >= 4 is 11.5 Å². The molecule has 0 aliphatic rings. The molecule has 1 unspecified atom stereocenters. The average molecular weight is 207 g/mol. The van der Waals surface area contributed by atoms with Crippen molar-refractivity contribution in [3.8, 4) is 0 Å². The number of pyridine rings is 1. The maximum Gasteiger partial charge on any atom is 0.130 e. The van der Waals surface area contributed by atoms with Crippen LogP contribution in [0.15, 0.2) is 12.3 Å². The van der Waals surface area contributed by atoms with Crippen LogP contribution in [-0.2, 0) is 0 Å². The first-order valence-electron chi connectivity index (χ1n) is 5.51. The van der Waals surface area contributed by atoms with Crippen molar-refractivity contribution in [2.75, 3.05) is 17.7 Å². The zero-order chi connectivity index (χ0) is 11.4. The summed E-state index contributed by atoms with van der Waals surface area (Å²) in [6, 6.07) is 2.45. The van der Waals surface area contributed by atoms with E-state index in [0.717, 1.165) is 17.1 Å². The van der Waals surface area contributed by atoms with Gasteiger partial charge in [-0.1, -0.05) is 13.3 Å². The first-order valence-corrected chi connectivity index (χ1v) is 5.51. The van der Waals surface area contributed by atoms with Gasteiger partial charge in [-0.3, -0.25) is 0 Å². The molecule has 1 heterocycles. The number of nitrogen functional groups attached to an aromatic ring is 1. The van der Waals surface area contributed by atoms with Gasteiger partial charge in [0, 0.05) is 31.0 Å². The molecule has 15 heavy (non-hydrogen) atoms. The number of hydrogen-bond acceptors (Lipinski definition) is 3. The Morgan fingerprint density at radius 1 is 1.53 bits per heavy atom. The van der Waals surface area contributed by atoms with Crippen molar-refractivity contribution in [2.45, 2.75) is 39.7 Å². The van der Waals surface area contributed by atoms with Crippen molar-refractivity contribution in [3.05, 3.63) is 17.8 Å². The predicted molar refractivity (Wildman–Crippen MR) is 66.2 cm³/mol. The van der Waals surface area contributed by atoms with Gasteiger partial charge in [-0.05, 0) is 25.8 Å². The van der Waals surface area contributed by atoms with E-state index >= 15 is 0 Å². The first kappa shape index (κ1) is 11.8. The van der Waals surface area contributed by atoms with Crippen LogP contribution in [0.25, 0.3) is 0 Å². The minimum Gasteiger partial charge on any atom is -0.398 e. The number of aromatic nitrogens is 1. The highest BCUT2D eigenvalue weighted by Crippen LogP contribution is 2.19. The van der Waals surface area contributed by atoms with Crippen LogP contribution in [0.2, 0.25) is 0 Å². The molecule has 1 rings (SSSR count). The molecule has 0 fully saturated rings. The molecule has 0 radical (unpaired) electrons. The van der Waals surface area contributed by atoms with E-state index in [1.54, 1.807) is 0 Å². The highest BCUT2D eigenvalue weighted by atomic mass is 15.2. The summed E-state index contributed by atoms with van der Waals surface area (Å²) < 4.78 is 0. The summed E-state index contributed by atoms with van der Waals surface area (Å²) in [5, 5.41) is 0. The largest absolute Gasteiger partial charge is 0.398 e. The third kappa shape index (κ3) is 2.85. The summed E-state index contributed by atoms with van der Waals surface area (Å²) >= 11 is 0. The van der Waals surface area contributed by atoms with Gasteiger partial charge in [0.2, 0.25) is 0 Å². The van der Waals surface area contributed by atoms with Crippen LogP contribution in [-0.4, -0.2) is 18.1 Å². The molecule has 0 saturated heterocycles. The van der Waals surface area contributed by atoms with Gasteiger partial charge >= 0.3 is 0 Å². The van der Waals surface area contributed by atoms with Crippen LogP contribution in [0, 0.1) is 6.92 Å². The van der Waals surface area contributed by atoms with E-state index in [-0.39, 0.29) is 0 Å². The van der Waals surface area contributed by atoms with Gasteiger partial charge in [0.15, 0.2) is 0 Å². The van der Waals surface area contributed by atoms with E-state index in [2.05, 4.69) is 30.8 Å². The molecular formula is C12H21N3. The van der Waals surface area contributed by atoms with E-state index in [1.165, 1.54) is 12.8 Å². The first-order chi connectivity index (χ1) is 7.06. The monoisotopic (exact) mass is 207 g/mol. The Morgan fingerprint density at radius 3 is 2.73 bits per heavy atom. The normalized spacial score (nSPS) is 12.5. The van der Waals surface area contributed by atoms with Gasteiger partial charge in [-0.15, -0.1) is 0 Å². The van der Waals surface area contributed by atoms with E-state index in [0.29, 0.717) is 6.04 Å². The fraction of sp³-hybridized carbons (Fsp3) is 0.583. The van der Waals surface area contributed by atoms with Gasteiger partial charge in [0.05, 0.1) is 0 Å². The fourth-order valence-corrected chi connectivity index (χ4v) is 1.56. The summed E-state index contributed by atoms with van der Waals surface area (Å²) in [5.41, 5.74) is 7.72. The smallest absolute Gasteiger partial charge is 0.130 e. The molecule has 0 bridgehead atoms. The van der Waals surface area contributed by atoms with Crippen LogP contribution in [0.4, 0.5) is 11.5 Å². The Hall–Kier alpha value is -1.25. The van der Waals surface area contributed by atoms with Crippen molar-refractivity contribution in [3.63, 3.8) is 0 Å². The molecule has 0 spiro atoms. The second-order valence-corrected chi connectivity index (χ2v) is 4.15. The van der Waals surface area contributed by atoms with Crippen molar-refractivity contribution in [2.24, 2.45) is 0 Å². The number of anilines is 2. The lowest BCUT2D eigenvalue weighted by atomic mass is 10.1. The molecule has 1 atom stereocenters. The van der Waals surface area contributed by atoms with E-state index in [1.807, 2.05) is 19.2 Å². The van der Waals surface area contributed by atoms with Crippen LogP contribution in [0.3, 0.4) is 0 Å². The lowest BCUT2D eigenvalue weighted by Crippen LogP contribution is -2.29. The van der Waals surface area contributed by atoms with Gasteiger partial charge in [0.1, 0.15) is 5.82 Å². The Labute approximate surface area is 92.3 Å². The molecule has 0 saturated carbocycles. The number of nitrogens with two attached hydrogens (primary N) is 1. The lowest BCUT2D eigenvalue weighted by Gasteiger charge is -2.26. The molecule has 3 heteroatoms. The Bertz CT molecular complexity index is 323. The summed E-state index contributed by atoms with van der Waals surface area (Å²) in [6.07, 6.45) is 4.19. The Balaban J connectivity index is 2.81. The van der Waals surface area contributed by atoms with Crippen molar-refractivity contribution in [1.29, 1.82) is 0 Å². The zero-order valence-electron chi connectivity index (χ0n) is 10.1. The second-order valence-electron chi connectivity index (χ2n) is 4.15. The average Bonchev–Trinajstić information content (AvgIpc) is 2.21. The molecule has 0 amide bonds. The minimum absolute atomic E-state index is 0.504. The molecule has 0 aliphatic heterocycles. The number of hydrogen-bond donors (Lipinski definition) is 1. The lowest BCUT2D eigenvalue weighted by molar-refractivity contribution is 0.611. The number of nitrogens with zero attached hydrogens (tertiary/aromatic N) is 2. The Kier molecular flexibility index (Phi) is 3.95. The maximum atomic E-state index is 5.87. The summed E-state index contributed by atoms with van der Waals surface area (Å²) in [7, 11) is 2.07. The minimum atomic E-state index is 0.504. The Morgan fingerprint density at radius 2 is 2.20 bits per heavy atom. The molecule has 0 aliphatic carbocycles. The van der Waals surface area contributed by atoms with E-state index in [4.69, 9.17) is 5.73 Å². The third-order valence-corrected chi connectivity index (χ3v) is 2.86. The zero-order valence-corrected chi connectivity index (χ0v) is 10.1. The predicted octanol–water partition coefficient (Wildman–Crippen LogP) is 2.60. The van der Waals surface area contributed by atoms with Gasteiger partial charge < -0.3 is 10.6 Å². The molecule has 84 valence electrons. The summed E-state index contributed by atoms with van der Waals surface area (Å²) in [6.45, 7) is 6.38. The molecule has 1 aromatic heterocycles. The third-order valence-electron chi connectivity index (χ3n) is 2.86. The second kappa shape index (κ2) is 5.01. The number of rotatable bonds is 4. The molecular weight excluding hydrogens is 186 g/mol. The molecule has 2 N–H and O–H groups in total. The fourth-order valence-electron chi connectivity index (χ4n) is 1.56. The van der Waals surface area contributed by atoms with Gasteiger partial charge in [-0.2, -0.15) is 0 Å². The molecule has 1 aromatic rings. The van der Waals surface area contributed by atoms with Crippen LogP contribution in [0.1, 0.15) is 32.3 Å². The molecule has 0 aromatic carbocycles. The van der Waals surface area contributed by atoms with Gasteiger partial charge in [-0.25, -0.2) is 4.98 Å². The maximum absolute atomic E-state index is 5.87.